The number of hydrogen-bond acceptors (Lipinski definition) is 6. The molecule has 0 aromatic heterocycles. The van der Waals surface area contributed by atoms with Crippen molar-refractivity contribution in [3.05, 3.63) is 0 Å². The Morgan fingerprint density at radius 2 is 2.27 bits per heavy atom. The zero-order valence-electron chi connectivity index (χ0n) is 8.06. The summed E-state index contributed by atoms with van der Waals surface area (Å²) in [7, 11) is -2.90. The van der Waals surface area contributed by atoms with E-state index < -0.39 is 9.84 Å². The molecule has 0 aromatic carbocycles. The molecule has 1 fully saturated rings. The maximum absolute atomic E-state index is 11.2. The highest BCUT2D eigenvalue weighted by Gasteiger charge is 2.42. The lowest BCUT2D eigenvalue weighted by Gasteiger charge is -2.05. The fourth-order valence-corrected chi connectivity index (χ4v) is 5.17. The lowest BCUT2D eigenvalue weighted by molar-refractivity contribution is -0.119. The largest absolute Gasteiger partial charge is 0.277 e. The molecule has 0 aromatic rings. The van der Waals surface area contributed by atoms with Crippen LogP contribution in [-0.2, 0) is 14.6 Å². The van der Waals surface area contributed by atoms with E-state index in [9.17, 15) is 13.2 Å². The summed E-state index contributed by atoms with van der Waals surface area (Å²) in [5, 5.41) is 0.598. The molecular weight excluding hydrogens is 238 g/mol. The maximum atomic E-state index is 11.2. The monoisotopic (exact) mass is 249 g/mol. The number of hydrogen-bond donors (Lipinski definition) is 2. The van der Waals surface area contributed by atoms with Gasteiger partial charge in [0.25, 0.3) is 0 Å². The van der Waals surface area contributed by atoms with Gasteiger partial charge in [-0.2, -0.15) is 0 Å². The van der Waals surface area contributed by atoms with Gasteiger partial charge in [-0.15, -0.1) is 0 Å². The van der Waals surface area contributed by atoms with E-state index in [2.05, 4.69) is 15.8 Å². The summed E-state index contributed by atoms with van der Waals surface area (Å²) >= 11 is 1.37. The molecule has 0 unspecified atom stereocenters. The molecule has 1 saturated heterocycles. The topological polar surface area (TPSA) is 87.6 Å². The van der Waals surface area contributed by atoms with Gasteiger partial charge in [-0.3, -0.25) is 20.6 Å². The molecule has 0 saturated carbocycles. The van der Waals surface area contributed by atoms with E-state index in [-0.39, 0.29) is 28.7 Å². The Kier molecular flexibility index (Phi) is 2.63. The second-order valence-electron chi connectivity index (χ2n) is 3.54. The highest BCUT2D eigenvalue weighted by atomic mass is 32.2. The first kappa shape index (κ1) is 10.7. The van der Waals surface area contributed by atoms with E-state index in [1.54, 1.807) is 0 Å². The first-order valence-corrected chi connectivity index (χ1v) is 7.14. The van der Waals surface area contributed by atoms with E-state index in [1.807, 2.05) is 0 Å². The second kappa shape index (κ2) is 3.67. The maximum Gasteiger partial charge on any atom is 0.235 e. The highest BCUT2D eigenvalue weighted by Crippen LogP contribution is 2.33. The van der Waals surface area contributed by atoms with E-state index in [4.69, 9.17) is 0 Å². The summed E-state index contributed by atoms with van der Waals surface area (Å²) in [4.78, 5) is 14.8. The average Bonchev–Trinajstić information content (AvgIpc) is 2.53. The average molecular weight is 249 g/mol. The van der Waals surface area contributed by atoms with Gasteiger partial charge in [0, 0.05) is 12.2 Å². The van der Waals surface area contributed by atoms with Crippen molar-refractivity contribution >= 4 is 32.7 Å². The molecule has 2 heterocycles. The molecule has 2 rings (SSSR count). The van der Waals surface area contributed by atoms with Gasteiger partial charge in [0.15, 0.2) is 15.0 Å². The van der Waals surface area contributed by atoms with Crippen molar-refractivity contribution in [2.45, 2.75) is 18.2 Å². The summed E-state index contributed by atoms with van der Waals surface area (Å²) in [6.07, 6.45) is 0. The number of carbonyl (C=O) groups is 1. The fraction of sp³-hybridized carbons (Fsp3) is 0.714. The van der Waals surface area contributed by atoms with Gasteiger partial charge < -0.3 is 0 Å². The normalized spacial score (nSPS) is 31.9. The Morgan fingerprint density at radius 3 is 2.87 bits per heavy atom. The molecule has 2 aliphatic rings. The van der Waals surface area contributed by atoms with Crippen molar-refractivity contribution in [1.82, 2.24) is 10.9 Å². The van der Waals surface area contributed by atoms with Crippen LogP contribution in [0.1, 0.15) is 6.92 Å². The minimum absolute atomic E-state index is 0.00579. The number of rotatable bonds is 0. The molecule has 0 radical (unpaired) electrons. The summed E-state index contributed by atoms with van der Waals surface area (Å²) in [6, 6.07) is -0.156. The van der Waals surface area contributed by atoms with Crippen LogP contribution in [0.25, 0.3) is 0 Å². The van der Waals surface area contributed by atoms with Crippen LogP contribution in [0.5, 0.6) is 0 Å². The fourth-order valence-electron chi connectivity index (χ4n) is 1.56. The van der Waals surface area contributed by atoms with Crippen molar-refractivity contribution in [3.63, 3.8) is 0 Å². The Labute approximate surface area is 91.8 Å². The van der Waals surface area contributed by atoms with Gasteiger partial charge >= 0.3 is 0 Å². The summed E-state index contributed by atoms with van der Waals surface area (Å²) in [5.41, 5.74) is 5.06. The molecule has 2 atom stereocenters. The predicted octanol–water partition coefficient (Wildman–Crippen LogP) is -1.10. The first-order chi connectivity index (χ1) is 6.96. The molecule has 0 bridgehead atoms. The minimum Gasteiger partial charge on any atom is -0.277 e. The van der Waals surface area contributed by atoms with Gasteiger partial charge in [-0.1, -0.05) is 11.8 Å². The van der Waals surface area contributed by atoms with Crippen LogP contribution in [0.3, 0.4) is 0 Å². The second-order valence-corrected chi connectivity index (χ2v) is 6.92. The van der Waals surface area contributed by atoms with Crippen molar-refractivity contribution < 1.29 is 13.2 Å². The number of carbonyl (C=O) groups excluding carboxylic acids is 1. The van der Waals surface area contributed by atoms with Gasteiger partial charge in [0.05, 0.1) is 17.5 Å². The third-order valence-corrected chi connectivity index (χ3v) is 5.31. The molecule has 15 heavy (non-hydrogen) atoms. The van der Waals surface area contributed by atoms with Crippen molar-refractivity contribution in [2.24, 2.45) is 4.99 Å². The molecule has 2 aliphatic heterocycles. The SMILES string of the molecule is CC(=O)NNC1=N[C@H]2CS(=O)(=O)C[C@H]2S1. The van der Waals surface area contributed by atoms with Crippen LogP contribution in [0.2, 0.25) is 0 Å². The Balaban J connectivity index is 1.96. The zero-order valence-corrected chi connectivity index (χ0v) is 9.69. The van der Waals surface area contributed by atoms with Crippen molar-refractivity contribution in [2.75, 3.05) is 11.5 Å². The quantitative estimate of drug-likeness (QED) is 0.532. The van der Waals surface area contributed by atoms with Gasteiger partial charge in [-0.05, 0) is 0 Å². The number of thioether (sulfide) groups is 1. The van der Waals surface area contributed by atoms with Crippen LogP contribution in [0.4, 0.5) is 0 Å². The smallest absolute Gasteiger partial charge is 0.235 e. The Morgan fingerprint density at radius 1 is 1.53 bits per heavy atom. The summed E-state index contributed by atoms with van der Waals surface area (Å²) in [5.74, 6) is 0.0930. The van der Waals surface area contributed by atoms with Crippen molar-refractivity contribution in [1.29, 1.82) is 0 Å². The molecule has 2 N–H and O–H groups in total. The highest BCUT2D eigenvalue weighted by molar-refractivity contribution is 8.15. The third kappa shape index (κ3) is 2.43. The van der Waals surface area contributed by atoms with Gasteiger partial charge in [0.2, 0.25) is 5.91 Å². The third-order valence-electron chi connectivity index (χ3n) is 2.16. The van der Waals surface area contributed by atoms with Crippen LogP contribution in [0, 0.1) is 0 Å². The van der Waals surface area contributed by atoms with E-state index in [0.717, 1.165) is 0 Å². The van der Waals surface area contributed by atoms with E-state index >= 15 is 0 Å². The number of hydrazine groups is 1. The molecule has 0 aliphatic carbocycles. The number of sulfone groups is 1. The number of amides is 1. The molecule has 84 valence electrons. The number of amidine groups is 1. The number of fused-ring (bicyclic) bond motifs is 1. The Hall–Kier alpha value is -0.760. The van der Waals surface area contributed by atoms with Gasteiger partial charge in [0.1, 0.15) is 0 Å². The Bertz CT molecular complexity index is 417. The molecule has 1 amide bonds. The van der Waals surface area contributed by atoms with Crippen molar-refractivity contribution in [3.8, 4) is 0 Å². The van der Waals surface area contributed by atoms with Gasteiger partial charge in [-0.25, -0.2) is 8.42 Å². The zero-order chi connectivity index (χ0) is 11.1. The first-order valence-electron chi connectivity index (χ1n) is 4.44. The minimum atomic E-state index is -2.90. The lowest BCUT2D eigenvalue weighted by Crippen LogP contribution is -2.38. The van der Waals surface area contributed by atoms with Crippen LogP contribution < -0.4 is 10.9 Å². The number of aliphatic imine (C=N–C) groups is 1. The van der Waals surface area contributed by atoms with Crippen LogP contribution in [0.15, 0.2) is 4.99 Å². The molecular formula is C7H11N3O3S2. The molecule has 6 nitrogen and oxygen atoms in total. The van der Waals surface area contributed by atoms with E-state index in [0.29, 0.717) is 5.17 Å². The predicted molar refractivity (Wildman–Crippen MR) is 58.2 cm³/mol. The number of nitrogens with one attached hydrogen (secondary N) is 2. The standard InChI is InChI=1S/C7H11N3O3S2/c1-4(11)9-10-7-8-5-2-15(12,13)3-6(5)14-7/h5-6H,2-3H2,1H3,(H,8,10)(H,9,11)/t5-,6+/m0/s1. The molecule has 0 spiro atoms. The van der Waals surface area contributed by atoms with Crippen LogP contribution in [-0.4, -0.2) is 42.3 Å². The summed E-state index contributed by atoms with van der Waals surface area (Å²) < 4.78 is 22.5. The summed E-state index contributed by atoms with van der Waals surface area (Å²) in [6.45, 7) is 1.39. The lowest BCUT2D eigenvalue weighted by atomic mass is 10.3. The van der Waals surface area contributed by atoms with E-state index in [1.165, 1.54) is 18.7 Å². The van der Waals surface area contributed by atoms with Crippen LogP contribution >= 0.6 is 11.8 Å². The molecule has 8 heteroatoms. The number of nitrogens with zero attached hydrogens (tertiary/aromatic N) is 1.